The Morgan fingerprint density at radius 2 is 1.92 bits per heavy atom. The van der Waals surface area contributed by atoms with Gasteiger partial charge in [-0.15, -0.1) is 11.8 Å². The van der Waals surface area contributed by atoms with Crippen LogP contribution in [0.4, 0.5) is 10.2 Å². The van der Waals surface area contributed by atoms with Gasteiger partial charge in [0, 0.05) is 24.6 Å². The number of methoxy groups -OCH3 is 1. The minimum absolute atomic E-state index is 0.145. The van der Waals surface area contributed by atoms with Crippen LogP contribution in [0.3, 0.4) is 0 Å². The summed E-state index contributed by atoms with van der Waals surface area (Å²) in [4.78, 5) is 28.1. The largest absolute Gasteiger partial charge is 0.454 e. The number of ether oxygens (including phenoxy) is 3. The van der Waals surface area contributed by atoms with Crippen LogP contribution in [-0.4, -0.2) is 60.9 Å². The van der Waals surface area contributed by atoms with Crippen molar-refractivity contribution in [2.75, 3.05) is 44.3 Å². The van der Waals surface area contributed by atoms with Gasteiger partial charge in [0.05, 0.1) is 29.0 Å². The number of fused-ring (bicyclic) bond motifs is 2. The normalized spacial score (nSPS) is 16.7. The van der Waals surface area contributed by atoms with E-state index >= 15 is 0 Å². The lowest BCUT2D eigenvalue weighted by Crippen LogP contribution is -2.43. The molecule has 1 aromatic heterocycles. The van der Waals surface area contributed by atoms with Crippen molar-refractivity contribution in [2.45, 2.75) is 31.4 Å². The number of halogens is 1. The molecule has 3 aromatic rings. The maximum Gasteiger partial charge on any atom is 0.240 e. The summed E-state index contributed by atoms with van der Waals surface area (Å²) in [5, 5.41) is 7.51. The van der Waals surface area contributed by atoms with Gasteiger partial charge in [-0.3, -0.25) is 14.5 Å². The number of carbonyl (C=O) groups excluding carboxylic acids is 2. The molecule has 2 aliphatic heterocycles. The van der Waals surface area contributed by atoms with Crippen molar-refractivity contribution < 1.29 is 28.2 Å². The highest BCUT2D eigenvalue weighted by molar-refractivity contribution is 8.00. The van der Waals surface area contributed by atoms with Gasteiger partial charge in [-0.25, -0.2) is 9.07 Å². The topological polar surface area (TPSA) is 94.9 Å². The molecule has 0 saturated heterocycles. The second-order valence-electron chi connectivity index (χ2n) is 10.4. The summed E-state index contributed by atoms with van der Waals surface area (Å²) in [6.45, 7) is 6.81. The SMILES string of the molecule is COCCNC(=O)CN1C(=O)CS[C@@H](c2ccc3c(c2)OCO3)c2c(C(C)(C)C)nn(-c3ccc(F)cc3)c21. The minimum atomic E-state index is -0.412. The first-order valence-corrected chi connectivity index (χ1v) is 13.7. The summed E-state index contributed by atoms with van der Waals surface area (Å²) in [5.74, 6) is 1.02. The van der Waals surface area contributed by atoms with Gasteiger partial charge in [0.2, 0.25) is 18.6 Å². The van der Waals surface area contributed by atoms with Crippen LogP contribution in [0.2, 0.25) is 0 Å². The Hall–Kier alpha value is -3.57. The van der Waals surface area contributed by atoms with Crippen molar-refractivity contribution in [3.8, 4) is 17.2 Å². The van der Waals surface area contributed by atoms with Gasteiger partial charge >= 0.3 is 0 Å². The van der Waals surface area contributed by atoms with E-state index in [1.54, 1.807) is 23.9 Å². The van der Waals surface area contributed by atoms with E-state index in [2.05, 4.69) is 26.1 Å². The van der Waals surface area contributed by atoms with Crippen LogP contribution < -0.4 is 19.7 Å². The van der Waals surface area contributed by atoms with Crippen LogP contribution in [-0.2, 0) is 19.7 Å². The number of hydrogen-bond donors (Lipinski definition) is 1. The molecule has 39 heavy (non-hydrogen) atoms. The van der Waals surface area contributed by atoms with Crippen molar-refractivity contribution in [1.29, 1.82) is 0 Å². The molecule has 0 spiro atoms. The predicted molar refractivity (Wildman–Crippen MR) is 146 cm³/mol. The molecule has 9 nitrogen and oxygen atoms in total. The Morgan fingerprint density at radius 1 is 1.18 bits per heavy atom. The molecule has 3 heterocycles. The Labute approximate surface area is 230 Å². The number of amides is 2. The molecule has 0 unspecified atom stereocenters. The third-order valence-corrected chi connectivity index (χ3v) is 7.75. The van der Waals surface area contributed by atoms with Gasteiger partial charge in [0.1, 0.15) is 18.2 Å². The minimum Gasteiger partial charge on any atom is -0.454 e. The fourth-order valence-electron chi connectivity index (χ4n) is 4.67. The first kappa shape index (κ1) is 27.0. The number of nitrogens with zero attached hydrogens (tertiary/aromatic N) is 3. The predicted octanol–water partition coefficient (Wildman–Crippen LogP) is 3.97. The molecule has 0 radical (unpaired) electrons. The number of rotatable bonds is 7. The third kappa shape index (κ3) is 5.46. The van der Waals surface area contributed by atoms with E-state index in [1.807, 2.05) is 18.2 Å². The fraction of sp³-hybridized carbons (Fsp3) is 0.393. The molecule has 1 N–H and O–H groups in total. The monoisotopic (exact) mass is 554 g/mol. The summed E-state index contributed by atoms with van der Waals surface area (Å²) in [6, 6.07) is 11.7. The summed E-state index contributed by atoms with van der Waals surface area (Å²) >= 11 is 1.47. The summed E-state index contributed by atoms with van der Waals surface area (Å²) in [7, 11) is 1.56. The quantitative estimate of drug-likeness (QED) is 0.442. The van der Waals surface area contributed by atoms with Crippen LogP contribution in [0.25, 0.3) is 5.69 Å². The van der Waals surface area contributed by atoms with Crippen molar-refractivity contribution in [2.24, 2.45) is 0 Å². The van der Waals surface area contributed by atoms with E-state index in [0.717, 1.165) is 16.8 Å². The van der Waals surface area contributed by atoms with E-state index in [0.29, 0.717) is 36.2 Å². The first-order valence-electron chi connectivity index (χ1n) is 12.6. The Bertz CT molecular complexity index is 1390. The molecule has 1 atom stereocenters. The highest BCUT2D eigenvalue weighted by atomic mass is 32.2. The van der Waals surface area contributed by atoms with Gasteiger partial charge in [-0.05, 0) is 42.0 Å². The van der Waals surface area contributed by atoms with Crippen LogP contribution in [0.5, 0.6) is 11.5 Å². The van der Waals surface area contributed by atoms with Crippen molar-refractivity contribution >= 4 is 29.4 Å². The van der Waals surface area contributed by atoms with Crippen LogP contribution >= 0.6 is 11.8 Å². The van der Waals surface area contributed by atoms with Gasteiger partial charge in [-0.1, -0.05) is 26.8 Å². The smallest absolute Gasteiger partial charge is 0.240 e. The number of aromatic nitrogens is 2. The molecular formula is C28H31FN4O5S. The second-order valence-corrected chi connectivity index (χ2v) is 11.4. The molecule has 2 aromatic carbocycles. The maximum atomic E-state index is 13.9. The van der Waals surface area contributed by atoms with Crippen LogP contribution in [0.15, 0.2) is 42.5 Å². The number of carbonyl (C=O) groups is 2. The molecule has 0 fully saturated rings. The van der Waals surface area contributed by atoms with E-state index in [1.165, 1.54) is 28.8 Å². The second kappa shape index (κ2) is 10.9. The van der Waals surface area contributed by atoms with Crippen LogP contribution in [0.1, 0.15) is 42.8 Å². The number of nitrogens with one attached hydrogen (secondary N) is 1. The lowest BCUT2D eigenvalue weighted by Gasteiger charge is -2.24. The molecule has 11 heteroatoms. The number of hydrogen-bond acceptors (Lipinski definition) is 7. The molecule has 0 aliphatic carbocycles. The summed E-state index contributed by atoms with van der Waals surface area (Å²) in [5.41, 5.74) is 2.69. The van der Waals surface area contributed by atoms with Crippen LogP contribution in [0, 0.1) is 5.82 Å². The van der Waals surface area contributed by atoms with E-state index < -0.39 is 5.41 Å². The average molecular weight is 555 g/mol. The molecule has 0 saturated carbocycles. The van der Waals surface area contributed by atoms with E-state index in [9.17, 15) is 14.0 Å². The fourth-order valence-corrected chi connectivity index (χ4v) is 5.85. The average Bonchev–Trinajstić information content (AvgIpc) is 3.50. The lowest BCUT2D eigenvalue weighted by atomic mass is 9.87. The van der Waals surface area contributed by atoms with Gasteiger partial charge < -0.3 is 19.5 Å². The number of benzene rings is 2. The maximum absolute atomic E-state index is 13.9. The first-order chi connectivity index (χ1) is 18.7. The van der Waals surface area contributed by atoms with Gasteiger partial charge in [-0.2, -0.15) is 5.10 Å². The molecular weight excluding hydrogens is 523 g/mol. The highest BCUT2D eigenvalue weighted by Gasteiger charge is 2.40. The molecule has 2 aliphatic rings. The van der Waals surface area contributed by atoms with Gasteiger partial charge in [0.25, 0.3) is 0 Å². The lowest BCUT2D eigenvalue weighted by molar-refractivity contribution is -0.123. The summed E-state index contributed by atoms with van der Waals surface area (Å²) in [6.07, 6.45) is 0. The zero-order valence-corrected chi connectivity index (χ0v) is 23.1. The van der Waals surface area contributed by atoms with Gasteiger partial charge in [0.15, 0.2) is 11.5 Å². The Balaban J connectivity index is 1.70. The number of thioether (sulfide) groups is 1. The van der Waals surface area contributed by atoms with Crippen molar-refractivity contribution in [3.05, 3.63) is 65.1 Å². The van der Waals surface area contributed by atoms with E-state index in [4.69, 9.17) is 19.3 Å². The zero-order valence-electron chi connectivity index (χ0n) is 22.3. The van der Waals surface area contributed by atoms with Crippen molar-refractivity contribution in [3.63, 3.8) is 0 Å². The summed E-state index contributed by atoms with van der Waals surface area (Å²) < 4.78 is 31.7. The van der Waals surface area contributed by atoms with Crippen molar-refractivity contribution in [1.82, 2.24) is 15.1 Å². The standard InChI is InChI=1S/C28H31FN4O5S/c1-28(2,3)26-24-25(17-5-10-20-21(13-17)38-16-37-20)39-15-23(35)32(14-22(34)30-11-12-36-4)27(24)33(31-26)19-8-6-18(29)7-9-19/h5-10,13,25H,11-12,14-16H2,1-4H3,(H,30,34)/t25-/m0/s1. The molecule has 0 bridgehead atoms. The third-order valence-electron chi connectivity index (χ3n) is 6.50. The highest BCUT2D eigenvalue weighted by Crippen LogP contribution is 2.49. The molecule has 206 valence electrons. The molecule has 5 rings (SSSR count). The Morgan fingerprint density at radius 3 is 2.64 bits per heavy atom. The zero-order chi connectivity index (χ0) is 27.7. The van der Waals surface area contributed by atoms with E-state index in [-0.39, 0.29) is 42.0 Å². The molecule has 2 amide bonds. The Kier molecular flexibility index (Phi) is 7.55. The number of anilines is 1.